The number of methoxy groups -OCH3 is 3. The molecule has 4 nitrogen and oxygen atoms in total. The number of ether oxygens (including phenoxy) is 4. The molecule has 0 aliphatic heterocycles. The molecular formula is C20H42O4. The Morgan fingerprint density at radius 3 is 1.79 bits per heavy atom. The maximum absolute atomic E-state index is 6.42. The van der Waals surface area contributed by atoms with E-state index in [0.29, 0.717) is 6.61 Å². The van der Waals surface area contributed by atoms with Crippen molar-refractivity contribution in [3.05, 3.63) is 0 Å². The van der Waals surface area contributed by atoms with Crippen molar-refractivity contribution < 1.29 is 18.9 Å². The SMILES string of the molecule is CCCCCCCC(C)C(CCC)(OCCC)C(OC)(OC)OC. The van der Waals surface area contributed by atoms with E-state index < -0.39 is 11.6 Å². The third kappa shape index (κ3) is 5.98. The predicted octanol–water partition coefficient (Wildman–Crippen LogP) is 5.54. The minimum absolute atomic E-state index is 0.283. The fourth-order valence-corrected chi connectivity index (χ4v) is 3.72. The summed E-state index contributed by atoms with van der Waals surface area (Å²) in [6.45, 7) is 9.47. The molecule has 2 unspecified atom stereocenters. The molecule has 0 aliphatic rings. The summed E-state index contributed by atoms with van der Waals surface area (Å²) >= 11 is 0. The summed E-state index contributed by atoms with van der Waals surface area (Å²) in [5.74, 6) is -0.883. The van der Waals surface area contributed by atoms with Crippen LogP contribution < -0.4 is 0 Å². The van der Waals surface area contributed by atoms with Gasteiger partial charge in [-0.15, -0.1) is 0 Å². The zero-order chi connectivity index (χ0) is 18.5. The molecule has 0 saturated heterocycles. The van der Waals surface area contributed by atoms with Crippen LogP contribution in [0.4, 0.5) is 0 Å². The van der Waals surface area contributed by atoms with Crippen LogP contribution in [0.2, 0.25) is 0 Å². The topological polar surface area (TPSA) is 36.9 Å². The number of rotatable bonds is 16. The van der Waals surface area contributed by atoms with Crippen LogP contribution in [0.5, 0.6) is 0 Å². The van der Waals surface area contributed by atoms with E-state index in [1.54, 1.807) is 21.3 Å². The molecule has 0 spiro atoms. The van der Waals surface area contributed by atoms with Crippen LogP contribution in [-0.4, -0.2) is 39.5 Å². The van der Waals surface area contributed by atoms with Crippen LogP contribution in [0.1, 0.15) is 85.5 Å². The average molecular weight is 347 g/mol. The second-order valence-electron chi connectivity index (χ2n) is 6.76. The predicted molar refractivity (Wildman–Crippen MR) is 100 cm³/mol. The van der Waals surface area contributed by atoms with Gasteiger partial charge < -0.3 is 18.9 Å². The fraction of sp³-hybridized carbons (Fsp3) is 1.00. The molecule has 0 bridgehead atoms. The van der Waals surface area contributed by atoms with Crippen molar-refractivity contribution >= 4 is 0 Å². The molecule has 0 saturated carbocycles. The normalized spacial score (nSPS) is 16.1. The van der Waals surface area contributed by atoms with Crippen molar-refractivity contribution in [2.45, 2.75) is 97.1 Å². The van der Waals surface area contributed by atoms with E-state index in [-0.39, 0.29) is 5.92 Å². The summed E-state index contributed by atoms with van der Waals surface area (Å²) in [5.41, 5.74) is -0.596. The van der Waals surface area contributed by atoms with E-state index in [0.717, 1.165) is 25.7 Å². The second kappa shape index (κ2) is 13.1. The molecule has 0 amide bonds. The Balaban J connectivity index is 5.31. The van der Waals surface area contributed by atoms with Gasteiger partial charge in [-0.25, -0.2) is 0 Å². The van der Waals surface area contributed by atoms with E-state index in [4.69, 9.17) is 18.9 Å². The van der Waals surface area contributed by atoms with Gasteiger partial charge in [-0.1, -0.05) is 66.2 Å². The molecule has 0 heterocycles. The number of hydrogen-bond acceptors (Lipinski definition) is 4. The largest absolute Gasteiger partial charge is 0.366 e. The summed E-state index contributed by atoms with van der Waals surface area (Å²) < 4.78 is 23.7. The Morgan fingerprint density at radius 1 is 0.750 bits per heavy atom. The van der Waals surface area contributed by atoms with Gasteiger partial charge in [0.25, 0.3) is 0 Å². The van der Waals surface area contributed by atoms with E-state index in [1.807, 2.05) is 0 Å². The molecule has 4 heteroatoms. The van der Waals surface area contributed by atoms with Crippen molar-refractivity contribution in [2.75, 3.05) is 27.9 Å². The quantitative estimate of drug-likeness (QED) is 0.271. The van der Waals surface area contributed by atoms with Crippen LogP contribution in [0.25, 0.3) is 0 Å². The number of hydrogen-bond donors (Lipinski definition) is 0. The Hall–Kier alpha value is -0.160. The Labute approximate surface area is 150 Å². The van der Waals surface area contributed by atoms with Gasteiger partial charge in [0.05, 0.1) is 0 Å². The summed E-state index contributed by atoms with van der Waals surface area (Å²) in [6, 6.07) is 0. The minimum atomic E-state index is -1.17. The average Bonchev–Trinajstić information content (AvgIpc) is 2.60. The lowest BCUT2D eigenvalue weighted by Crippen LogP contribution is -2.63. The molecule has 0 N–H and O–H groups in total. The highest BCUT2D eigenvalue weighted by molar-refractivity contribution is 4.95. The Morgan fingerprint density at radius 2 is 1.33 bits per heavy atom. The van der Waals surface area contributed by atoms with E-state index >= 15 is 0 Å². The van der Waals surface area contributed by atoms with Gasteiger partial charge in [0, 0.05) is 27.9 Å². The van der Waals surface area contributed by atoms with Crippen LogP contribution in [0, 0.1) is 5.92 Å². The molecule has 24 heavy (non-hydrogen) atoms. The molecular weight excluding hydrogens is 304 g/mol. The lowest BCUT2D eigenvalue weighted by atomic mass is 9.78. The highest BCUT2D eigenvalue weighted by Crippen LogP contribution is 2.43. The van der Waals surface area contributed by atoms with Crippen molar-refractivity contribution in [1.82, 2.24) is 0 Å². The minimum Gasteiger partial charge on any atom is -0.366 e. The molecule has 0 aromatic rings. The van der Waals surface area contributed by atoms with Crippen molar-refractivity contribution in [1.29, 1.82) is 0 Å². The summed E-state index contributed by atoms with van der Waals surface area (Å²) in [4.78, 5) is 0. The molecule has 0 rings (SSSR count). The zero-order valence-electron chi connectivity index (χ0n) is 17.3. The highest BCUT2D eigenvalue weighted by atomic mass is 16.9. The van der Waals surface area contributed by atoms with E-state index in [1.165, 1.54) is 32.1 Å². The molecule has 146 valence electrons. The first kappa shape index (κ1) is 23.8. The van der Waals surface area contributed by atoms with Crippen LogP contribution in [-0.2, 0) is 18.9 Å². The Bertz CT molecular complexity index is 283. The zero-order valence-corrected chi connectivity index (χ0v) is 17.3. The third-order valence-corrected chi connectivity index (χ3v) is 5.05. The van der Waals surface area contributed by atoms with Crippen LogP contribution >= 0.6 is 0 Å². The monoisotopic (exact) mass is 346 g/mol. The van der Waals surface area contributed by atoms with Crippen LogP contribution in [0.15, 0.2) is 0 Å². The smallest absolute Gasteiger partial charge is 0.313 e. The molecule has 0 aliphatic carbocycles. The van der Waals surface area contributed by atoms with Crippen molar-refractivity contribution in [2.24, 2.45) is 5.92 Å². The van der Waals surface area contributed by atoms with Gasteiger partial charge >= 0.3 is 5.97 Å². The van der Waals surface area contributed by atoms with Crippen LogP contribution in [0.3, 0.4) is 0 Å². The standard InChI is InChI=1S/C20H42O4/c1-8-11-12-13-14-15-18(4)19(16-9-2,24-17-10-3)20(21-5,22-6)23-7/h18H,8-17H2,1-7H3. The van der Waals surface area contributed by atoms with Crippen molar-refractivity contribution in [3.63, 3.8) is 0 Å². The third-order valence-electron chi connectivity index (χ3n) is 5.05. The maximum Gasteiger partial charge on any atom is 0.313 e. The lowest BCUT2D eigenvalue weighted by molar-refractivity contribution is -0.436. The van der Waals surface area contributed by atoms with Gasteiger partial charge in [-0.3, -0.25) is 0 Å². The van der Waals surface area contributed by atoms with Gasteiger partial charge in [-0.05, 0) is 25.2 Å². The van der Waals surface area contributed by atoms with Gasteiger partial charge in [-0.2, -0.15) is 0 Å². The van der Waals surface area contributed by atoms with E-state index in [9.17, 15) is 0 Å². The summed E-state index contributed by atoms with van der Waals surface area (Å²) in [7, 11) is 4.92. The highest BCUT2D eigenvalue weighted by Gasteiger charge is 2.57. The summed E-state index contributed by atoms with van der Waals surface area (Å²) in [6.07, 6.45) is 10.3. The van der Waals surface area contributed by atoms with Gasteiger partial charge in [0.2, 0.25) is 0 Å². The first-order valence-corrected chi connectivity index (χ1v) is 9.83. The molecule has 2 atom stereocenters. The molecule has 0 aromatic carbocycles. The first-order valence-electron chi connectivity index (χ1n) is 9.83. The summed E-state index contributed by atoms with van der Waals surface area (Å²) in [5, 5.41) is 0. The van der Waals surface area contributed by atoms with E-state index in [2.05, 4.69) is 27.7 Å². The van der Waals surface area contributed by atoms with Crippen molar-refractivity contribution in [3.8, 4) is 0 Å². The maximum atomic E-state index is 6.42. The fourth-order valence-electron chi connectivity index (χ4n) is 3.72. The van der Waals surface area contributed by atoms with Gasteiger partial charge in [0.1, 0.15) is 0 Å². The first-order chi connectivity index (χ1) is 11.5. The lowest BCUT2D eigenvalue weighted by Gasteiger charge is -2.49. The molecule has 0 aromatic heterocycles. The number of unbranched alkanes of at least 4 members (excludes halogenated alkanes) is 4. The molecule has 0 radical (unpaired) electrons. The Kier molecular flexibility index (Phi) is 13.0. The van der Waals surface area contributed by atoms with Gasteiger partial charge in [0.15, 0.2) is 5.60 Å². The molecule has 0 fully saturated rings. The second-order valence-corrected chi connectivity index (χ2v) is 6.76.